The molecule has 76 valence electrons. The van der Waals surface area contributed by atoms with E-state index < -0.39 is 0 Å². The third kappa shape index (κ3) is 1.90. The molecule has 0 aromatic heterocycles. The summed E-state index contributed by atoms with van der Waals surface area (Å²) in [5, 5.41) is 10.7. The van der Waals surface area contributed by atoms with Gasteiger partial charge in [0.1, 0.15) is 0 Å². The lowest BCUT2D eigenvalue weighted by Gasteiger charge is -2.11. The van der Waals surface area contributed by atoms with E-state index in [1.165, 1.54) is 6.07 Å². The van der Waals surface area contributed by atoms with Crippen LogP contribution in [0.5, 0.6) is 0 Å². The predicted molar refractivity (Wildman–Crippen MR) is 55.1 cm³/mol. The third-order valence-electron chi connectivity index (χ3n) is 2.21. The Hall–Kier alpha value is -1.42. The zero-order valence-corrected chi connectivity index (χ0v) is 8.36. The van der Waals surface area contributed by atoms with Crippen LogP contribution < -0.4 is 5.73 Å². The first-order chi connectivity index (χ1) is 6.57. The number of benzene rings is 1. The topological polar surface area (TPSA) is 69.2 Å². The number of nitro benzene ring substituents is 1. The van der Waals surface area contributed by atoms with Crippen molar-refractivity contribution in [3.05, 3.63) is 39.4 Å². The van der Waals surface area contributed by atoms with Gasteiger partial charge < -0.3 is 5.73 Å². The van der Waals surface area contributed by atoms with Gasteiger partial charge in [-0.2, -0.15) is 0 Å². The first-order valence-corrected chi connectivity index (χ1v) is 4.59. The van der Waals surface area contributed by atoms with Crippen molar-refractivity contribution in [2.24, 2.45) is 5.73 Å². The van der Waals surface area contributed by atoms with Gasteiger partial charge in [-0.1, -0.05) is 19.1 Å². The van der Waals surface area contributed by atoms with Crippen LogP contribution in [0.15, 0.2) is 18.2 Å². The molecule has 0 spiro atoms. The molecule has 0 heterocycles. The average molecular weight is 194 g/mol. The normalized spacial score (nSPS) is 12.5. The second-order valence-electron chi connectivity index (χ2n) is 3.25. The Labute approximate surface area is 82.9 Å². The van der Waals surface area contributed by atoms with Gasteiger partial charge in [0.2, 0.25) is 0 Å². The molecule has 2 N–H and O–H groups in total. The van der Waals surface area contributed by atoms with E-state index in [1.54, 1.807) is 13.0 Å². The molecule has 0 saturated carbocycles. The van der Waals surface area contributed by atoms with Crippen molar-refractivity contribution in [1.82, 2.24) is 0 Å². The molecular formula is C10H14N2O2. The Kier molecular flexibility index (Phi) is 3.19. The van der Waals surface area contributed by atoms with E-state index >= 15 is 0 Å². The van der Waals surface area contributed by atoms with Crippen LogP contribution in [-0.2, 0) is 6.42 Å². The van der Waals surface area contributed by atoms with E-state index in [0.29, 0.717) is 5.56 Å². The molecule has 1 atom stereocenters. The van der Waals surface area contributed by atoms with Crippen molar-refractivity contribution in [1.29, 1.82) is 0 Å². The van der Waals surface area contributed by atoms with E-state index in [9.17, 15) is 10.1 Å². The summed E-state index contributed by atoms with van der Waals surface area (Å²) in [5.41, 5.74) is 7.45. The van der Waals surface area contributed by atoms with E-state index in [-0.39, 0.29) is 16.7 Å². The Morgan fingerprint density at radius 1 is 1.57 bits per heavy atom. The van der Waals surface area contributed by atoms with Crippen LogP contribution in [0, 0.1) is 10.1 Å². The highest BCUT2D eigenvalue weighted by molar-refractivity contribution is 5.47. The molecule has 1 unspecified atom stereocenters. The number of hydrogen-bond donors (Lipinski definition) is 1. The Bertz CT molecular complexity index is 348. The fourth-order valence-electron chi connectivity index (χ4n) is 1.59. The summed E-state index contributed by atoms with van der Waals surface area (Å²) < 4.78 is 0. The molecule has 0 saturated heterocycles. The molecule has 0 bridgehead atoms. The van der Waals surface area contributed by atoms with Gasteiger partial charge in [-0.15, -0.1) is 0 Å². The van der Waals surface area contributed by atoms with Crippen LogP contribution in [-0.4, -0.2) is 4.92 Å². The molecule has 1 rings (SSSR count). The highest BCUT2D eigenvalue weighted by Gasteiger charge is 2.18. The number of nitrogens with zero attached hydrogens (tertiary/aromatic N) is 1. The van der Waals surface area contributed by atoms with Crippen LogP contribution in [0.3, 0.4) is 0 Å². The molecule has 1 aromatic carbocycles. The minimum Gasteiger partial charge on any atom is -0.324 e. The molecule has 0 amide bonds. The smallest absolute Gasteiger partial charge is 0.274 e. The summed E-state index contributed by atoms with van der Waals surface area (Å²) in [4.78, 5) is 10.4. The van der Waals surface area contributed by atoms with Crippen molar-refractivity contribution >= 4 is 5.69 Å². The molecule has 0 fully saturated rings. The van der Waals surface area contributed by atoms with Gasteiger partial charge in [-0.05, 0) is 18.9 Å². The van der Waals surface area contributed by atoms with E-state index in [4.69, 9.17) is 5.73 Å². The zero-order valence-electron chi connectivity index (χ0n) is 8.36. The number of hydrogen-bond acceptors (Lipinski definition) is 3. The average Bonchev–Trinajstić information content (AvgIpc) is 2.16. The van der Waals surface area contributed by atoms with Crippen molar-refractivity contribution in [3.63, 3.8) is 0 Å². The van der Waals surface area contributed by atoms with Gasteiger partial charge in [-0.25, -0.2) is 0 Å². The maximum absolute atomic E-state index is 10.7. The van der Waals surface area contributed by atoms with Crippen LogP contribution in [0.2, 0.25) is 0 Å². The summed E-state index contributed by atoms with van der Waals surface area (Å²) >= 11 is 0. The molecule has 0 aliphatic heterocycles. The number of aryl methyl sites for hydroxylation is 1. The van der Waals surface area contributed by atoms with Gasteiger partial charge >= 0.3 is 0 Å². The lowest BCUT2D eigenvalue weighted by Crippen LogP contribution is -2.11. The summed E-state index contributed by atoms with van der Waals surface area (Å²) in [7, 11) is 0. The standard InChI is InChI=1S/C10H14N2O2/c1-3-8-5-4-6-9(12(13)14)10(8)7(2)11/h4-7H,3,11H2,1-2H3. The molecule has 1 aromatic rings. The predicted octanol–water partition coefficient (Wildman–Crippen LogP) is 2.18. The Morgan fingerprint density at radius 2 is 2.21 bits per heavy atom. The van der Waals surface area contributed by atoms with Crippen molar-refractivity contribution in [3.8, 4) is 0 Å². The quantitative estimate of drug-likeness (QED) is 0.592. The lowest BCUT2D eigenvalue weighted by atomic mass is 9.98. The molecule has 4 nitrogen and oxygen atoms in total. The SMILES string of the molecule is CCc1cccc([N+](=O)[O-])c1C(C)N. The van der Waals surface area contributed by atoms with Gasteiger partial charge in [0.05, 0.1) is 4.92 Å². The monoisotopic (exact) mass is 194 g/mol. The Morgan fingerprint density at radius 3 is 2.64 bits per heavy atom. The van der Waals surface area contributed by atoms with Crippen LogP contribution in [0.25, 0.3) is 0 Å². The van der Waals surface area contributed by atoms with Crippen molar-refractivity contribution in [2.75, 3.05) is 0 Å². The highest BCUT2D eigenvalue weighted by Crippen LogP contribution is 2.27. The first kappa shape index (κ1) is 10.7. The lowest BCUT2D eigenvalue weighted by molar-refractivity contribution is -0.385. The number of nitro groups is 1. The van der Waals surface area contributed by atoms with Crippen LogP contribution in [0.1, 0.15) is 31.0 Å². The Balaban J connectivity index is 3.35. The van der Waals surface area contributed by atoms with Crippen molar-refractivity contribution < 1.29 is 4.92 Å². The number of rotatable bonds is 3. The zero-order chi connectivity index (χ0) is 10.7. The summed E-state index contributed by atoms with van der Waals surface area (Å²) in [5.74, 6) is 0. The maximum atomic E-state index is 10.7. The van der Waals surface area contributed by atoms with Gasteiger partial charge in [0, 0.05) is 17.7 Å². The third-order valence-corrected chi connectivity index (χ3v) is 2.21. The minimum absolute atomic E-state index is 0.124. The van der Waals surface area contributed by atoms with Gasteiger partial charge in [-0.3, -0.25) is 10.1 Å². The first-order valence-electron chi connectivity index (χ1n) is 4.59. The molecule has 4 heteroatoms. The molecule has 0 radical (unpaired) electrons. The molecule has 0 aliphatic rings. The largest absolute Gasteiger partial charge is 0.324 e. The fraction of sp³-hybridized carbons (Fsp3) is 0.400. The summed E-state index contributed by atoms with van der Waals surface area (Å²) in [6.45, 7) is 3.73. The minimum atomic E-state index is -0.377. The highest BCUT2D eigenvalue weighted by atomic mass is 16.6. The summed E-state index contributed by atoms with van der Waals surface area (Å²) in [6, 6.07) is 4.78. The summed E-state index contributed by atoms with van der Waals surface area (Å²) in [6.07, 6.45) is 0.762. The van der Waals surface area contributed by atoms with Crippen LogP contribution in [0.4, 0.5) is 5.69 Å². The van der Waals surface area contributed by atoms with Gasteiger partial charge in [0.15, 0.2) is 0 Å². The molecular weight excluding hydrogens is 180 g/mol. The van der Waals surface area contributed by atoms with E-state index in [0.717, 1.165) is 12.0 Å². The van der Waals surface area contributed by atoms with Crippen molar-refractivity contribution in [2.45, 2.75) is 26.3 Å². The molecule has 0 aliphatic carbocycles. The molecule has 14 heavy (non-hydrogen) atoms. The fourth-order valence-corrected chi connectivity index (χ4v) is 1.59. The van der Waals surface area contributed by atoms with E-state index in [1.807, 2.05) is 13.0 Å². The van der Waals surface area contributed by atoms with E-state index in [2.05, 4.69) is 0 Å². The van der Waals surface area contributed by atoms with Gasteiger partial charge in [0.25, 0.3) is 5.69 Å². The second kappa shape index (κ2) is 4.19. The maximum Gasteiger partial charge on any atom is 0.274 e. The van der Waals surface area contributed by atoms with Crippen LogP contribution >= 0.6 is 0 Å². The second-order valence-corrected chi connectivity index (χ2v) is 3.25. The number of nitrogens with two attached hydrogens (primary N) is 1.